The van der Waals surface area contributed by atoms with Crippen LogP contribution in [0.3, 0.4) is 0 Å². The summed E-state index contributed by atoms with van der Waals surface area (Å²) >= 11 is 0. The molecule has 1 saturated heterocycles. The Morgan fingerprint density at radius 1 is 1.50 bits per heavy atom. The SMILES string of the molecule is CC1(C)C[C@@H]2Cc3cc(C(=O)NO)cc(F)c3CN2C1. The lowest BCUT2D eigenvalue weighted by atomic mass is 9.87. The molecule has 1 atom stereocenters. The summed E-state index contributed by atoms with van der Waals surface area (Å²) in [5.74, 6) is -1.02. The van der Waals surface area contributed by atoms with E-state index in [0.29, 0.717) is 18.2 Å². The molecule has 1 amide bonds. The zero-order chi connectivity index (χ0) is 14.5. The van der Waals surface area contributed by atoms with Crippen molar-refractivity contribution in [1.82, 2.24) is 10.4 Å². The lowest BCUT2D eigenvalue weighted by molar-refractivity contribution is 0.0705. The third kappa shape index (κ3) is 2.21. The number of halogens is 1. The van der Waals surface area contributed by atoms with E-state index in [0.717, 1.165) is 24.9 Å². The fourth-order valence-corrected chi connectivity index (χ4v) is 3.60. The van der Waals surface area contributed by atoms with Gasteiger partial charge in [-0.25, -0.2) is 9.87 Å². The van der Waals surface area contributed by atoms with Gasteiger partial charge in [0, 0.05) is 30.3 Å². The molecule has 1 aromatic carbocycles. The molecule has 5 heteroatoms. The number of nitrogens with one attached hydrogen (secondary N) is 1. The van der Waals surface area contributed by atoms with Gasteiger partial charge in [0.25, 0.3) is 5.91 Å². The number of benzene rings is 1. The molecule has 1 fully saturated rings. The molecule has 0 aliphatic carbocycles. The van der Waals surface area contributed by atoms with Crippen LogP contribution in [0.5, 0.6) is 0 Å². The number of hydroxylamine groups is 1. The fraction of sp³-hybridized carbons (Fsp3) is 0.533. The number of hydrogen-bond donors (Lipinski definition) is 2. The van der Waals surface area contributed by atoms with E-state index in [1.165, 1.54) is 6.07 Å². The number of fused-ring (bicyclic) bond motifs is 2. The summed E-state index contributed by atoms with van der Waals surface area (Å²) < 4.78 is 14.2. The molecule has 4 nitrogen and oxygen atoms in total. The van der Waals surface area contributed by atoms with E-state index in [1.54, 1.807) is 11.5 Å². The monoisotopic (exact) mass is 278 g/mol. The van der Waals surface area contributed by atoms with Gasteiger partial charge in [-0.3, -0.25) is 14.9 Å². The van der Waals surface area contributed by atoms with Crippen LogP contribution in [0.25, 0.3) is 0 Å². The van der Waals surface area contributed by atoms with Crippen molar-refractivity contribution in [3.8, 4) is 0 Å². The van der Waals surface area contributed by atoms with Crippen LogP contribution < -0.4 is 5.48 Å². The highest BCUT2D eigenvalue weighted by Crippen LogP contribution is 2.40. The smallest absolute Gasteiger partial charge is 0.274 e. The predicted octanol–water partition coefficient (Wildman–Crippen LogP) is 2.10. The molecule has 0 aromatic heterocycles. The van der Waals surface area contributed by atoms with Gasteiger partial charge in [0.1, 0.15) is 5.82 Å². The maximum Gasteiger partial charge on any atom is 0.274 e. The molecule has 0 radical (unpaired) electrons. The first-order valence-corrected chi connectivity index (χ1v) is 6.89. The summed E-state index contributed by atoms with van der Waals surface area (Å²) in [5.41, 5.74) is 3.57. The number of rotatable bonds is 1. The van der Waals surface area contributed by atoms with Gasteiger partial charge in [0.05, 0.1) is 0 Å². The molecule has 0 saturated carbocycles. The average molecular weight is 278 g/mol. The minimum Gasteiger partial charge on any atom is -0.295 e. The Labute approximate surface area is 117 Å². The molecule has 2 N–H and O–H groups in total. The highest BCUT2D eigenvalue weighted by molar-refractivity contribution is 5.93. The molecule has 20 heavy (non-hydrogen) atoms. The van der Waals surface area contributed by atoms with Gasteiger partial charge in [-0.2, -0.15) is 0 Å². The first-order valence-electron chi connectivity index (χ1n) is 6.89. The largest absolute Gasteiger partial charge is 0.295 e. The summed E-state index contributed by atoms with van der Waals surface area (Å²) in [6.07, 6.45) is 1.85. The first kappa shape index (κ1) is 13.5. The summed E-state index contributed by atoms with van der Waals surface area (Å²) in [6, 6.07) is 3.32. The lowest BCUT2D eigenvalue weighted by Crippen LogP contribution is -2.36. The van der Waals surface area contributed by atoms with Crippen molar-refractivity contribution < 1.29 is 14.4 Å². The highest BCUT2D eigenvalue weighted by atomic mass is 19.1. The summed E-state index contributed by atoms with van der Waals surface area (Å²) in [7, 11) is 0. The van der Waals surface area contributed by atoms with Crippen LogP contribution in [-0.4, -0.2) is 28.6 Å². The standard InChI is InChI=1S/C15H19FN2O2/c1-15(2)6-11-4-9-3-10(14(19)17-20)5-13(16)12(9)7-18(11)8-15/h3,5,11,20H,4,6-8H2,1-2H3,(H,17,19)/t11-/m0/s1. The zero-order valence-electron chi connectivity index (χ0n) is 11.7. The molecule has 0 spiro atoms. The second kappa shape index (κ2) is 4.53. The second-order valence-electron chi connectivity index (χ2n) is 6.67. The predicted molar refractivity (Wildman–Crippen MR) is 72.0 cm³/mol. The third-order valence-electron chi connectivity index (χ3n) is 4.40. The molecule has 108 valence electrons. The minimum atomic E-state index is -0.666. The Balaban J connectivity index is 1.95. The van der Waals surface area contributed by atoms with E-state index in [4.69, 9.17) is 5.21 Å². The number of amides is 1. The van der Waals surface area contributed by atoms with Gasteiger partial charge < -0.3 is 0 Å². The number of hydrogen-bond acceptors (Lipinski definition) is 3. The summed E-state index contributed by atoms with van der Waals surface area (Å²) in [4.78, 5) is 13.8. The normalized spacial score (nSPS) is 24.1. The van der Waals surface area contributed by atoms with Crippen LogP contribution in [0.4, 0.5) is 4.39 Å². The Bertz CT molecular complexity index is 571. The van der Waals surface area contributed by atoms with Crippen molar-refractivity contribution in [3.63, 3.8) is 0 Å². The van der Waals surface area contributed by atoms with E-state index in [1.807, 2.05) is 0 Å². The van der Waals surface area contributed by atoms with Crippen molar-refractivity contribution in [2.75, 3.05) is 6.54 Å². The van der Waals surface area contributed by atoms with Gasteiger partial charge in [0.2, 0.25) is 0 Å². The minimum absolute atomic E-state index is 0.175. The van der Waals surface area contributed by atoms with Gasteiger partial charge in [0.15, 0.2) is 0 Å². The van der Waals surface area contributed by atoms with Gasteiger partial charge >= 0.3 is 0 Å². The van der Waals surface area contributed by atoms with Crippen molar-refractivity contribution in [3.05, 3.63) is 34.6 Å². The van der Waals surface area contributed by atoms with E-state index >= 15 is 0 Å². The average Bonchev–Trinajstić information content (AvgIpc) is 2.68. The van der Waals surface area contributed by atoms with Gasteiger partial charge in [-0.1, -0.05) is 13.8 Å². The molecular formula is C15H19FN2O2. The summed E-state index contributed by atoms with van der Waals surface area (Å²) in [6.45, 7) is 6.06. The van der Waals surface area contributed by atoms with E-state index in [9.17, 15) is 9.18 Å². The molecule has 2 heterocycles. The Morgan fingerprint density at radius 3 is 2.95 bits per heavy atom. The van der Waals surface area contributed by atoms with Crippen LogP contribution in [0.1, 0.15) is 41.8 Å². The number of nitrogens with zero attached hydrogens (tertiary/aromatic N) is 1. The van der Waals surface area contributed by atoms with Crippen LogP contribution in [0.2, 0.25) is 0 Å². The van der Waals surface area contributed by atoms with Gasteiger partial charge in [-0.15, -0.1) is 0 Å². The van der Waals surface area contributed by atoms with Gasteiger partial charge in [-0.05, 0) is 36.0 Å². The number of carbonyl (C=O) groups excluding carboxylic acids is 1. The maximum absolute atomic E-state index is 14.2. The number of carbonyl (C=O) groups is 1. The van der Waals surface area contributed by atoms with Crippen molar-refractivity contribution >= 4 is 5.91 Å². The van der Waals surface area contributed by atoms with Crippen LogP contribution in [0.15, 0.2) is 12.1 Å². The topological polar surface area (TPSA) is 52.6 Å². The zero-order valence-corrected chi connectivity index (χ0v) is 11.7. The maximum atomic E-state index is 14.2. The molecular weight excluding hydrogens is 259 g/mol. The van der Waals surface area contributed by atoms with Crippen LogP contribution in [-0.2, 0) is 13.0 Å². The molecule has 2 aliphatic heterocycles. The lowest BCUT2D eigenvalue weighted by Gasteiger charge is -2.31. The first-order chi connectivity index (χ1) is 9.39. The second-order valence-corrected chi connectivity index (χ2v) is 6.67. The molecule has 1 aromatic rings. The van der Waals surface area contributed by atoms with Crippen molar-refractivity contribution in [2.24, 2.45) is 5.41 Å². The van der Waals surface area contributed by atoms with E-state index < -0.39 is 5.91 Å². The van der Waals surface area contributed by atoms with Crippen molar-refractivity contribution in [1.29, 1.82) is 0 Å². The Kier molecular flexibility index (Phi) is 3.06. The van der Waals surface area contributed by atoms with Crippen LogP contribution in [0, 0.1) is 11.2 Å². The van der Waals surface area contributed by atoms with Crippen molar-refractivity contribution in [2.45, 2.75) is 39.3 Å². The highest BCUT2D eigenvalue weighted by Gasteiger charge is 2.40. The van der Waals surface area contributed by atoms with E-state index in [2.05, 4.69) is 18.7 Å². The van der Waals surface area contributed by atoms with Crippen LogP contribution >= 0.6 is 0 Å². The third-order valence-corrected chi connectivity index (χ3v) is 4.40. The molecule has 2 aliphatic rings. The molecule has 0 bridgehead atoms. The Morgan fingerprint density at radius 2 is 2.25 bits per heavy atom. The molecule has 0 unspecified atom stereocenters. The van der Waals surface area contributed by atoms with E-state index in [-0.39, 0.29) is 16.8 Å². The quantitative estimate of drug-likeness (QED) is 0.611. The Hall–Kier alpha value is -1.46. The molecule has 3 rings (SSSR count). The summed E-state index contributed by atoms with van der Waals surface area (Å²) in [5, 5.41) is 8.67. The fourth-order valence-electron chi connectivity index (χ4n) is 3.60.